The molecule has 1 atom stereocenters. The number of halogens is 2. The molecule has 9 nitrogen and oxygen atoms in total. The number of hydrogen-bond acceptors (Lipinski definition) is 6. The first-order valence-electron chi connectivity index (χ1n) is 10.8. The lowest BCUT2D eigenvalue weighted by Crippen LogP contribution is -2.32. The predicted octanol–water partition coefficient (Wildman–Crippen LogP) is 5.42. The Morgan fingerprint density at radius 2 is 1.51 bits per heavy atom. The van der Waals surface area contributed by atoms with Gasteiger partial charge in [-0.3, -0.25) is 14.9 Å². The summed E-state index contributed by atoms with van der Waals surface area (Å²) in [4.78, 5) is 35.8. The molecule has 0 bridgehead atoms. The molecule has 12 heteroatoms. The summed E-state index contributed by atoms with van der Waals surface area (Å²) < 4.78 is 30.8. The van der Waals surface area contributed by atoms with E-state index in [0.717, 1.165) is 5.56 Å². The van der Waals surface area contributed by atoms with Gasteiger partial charge in [0, 0.05) is 23.4 Å². The van der Waals surface area contributed by atoms with Gasteiger partial charge in [0.15, 0.2) is 15.1 Å². The summed E-state index contributed by atoms with van der Waals surface area (Å²) in [6.45, 7) is 1.41. The second-order valence-corrected chi connectivity index (χ2v) is 10.8. The Morgan fingerprint density at radius 1 is 0.892 bits per heavy atom. The number of hydrogen-bond donors (Lipinski definition) is 3. The molecule has 0 aliphatic heterocycles. The van der Waals surface area contributed by atoms with E-state index in [9.17, 15) is 27.9 Å². The fraction of sp³-hybridized carbons (Fsp3) is 0.160. The van der Waals surface area contributed by atoms with Gasteiger partial charge in [0.25, 0.3) is 5.91 Å². The van der Waals surface area contributed by atoms with E-state index in [0.29, 0.717) is 11.3 Å². The normalized spacial score (nSPS) is 11.9. The van der Waals surface area contributed by atoms with Crippen LogP contribution < -0.4 is 10.6 Å². The SMILES string of the molecule is Cc1ccc(C(=O)Nc2ccc(S(=O)(=O)C(CCOC(=O)Nc3ccc(Cl)c(Cl)c3)C(=O)O)cc2)cc1. The van der Waals surface area contributed by atoms with Crippen molar-refractivity contribution in [2.45, 2.75) is 23.5 Å². The van der Waals surface area contributed by atoms with E-state index in [4.69, 9.17) is 27.9 Å². The van der Waals surface area contributed by atoms with Gasteiger partial charge in [0.05, 0.1) is 21.5 Å². The largest absolute Gasteiger partial charge is 0.480 e. The van der Waals surface area contributed by atoms with Crippen molar-refractivity contribution in [2.24, 2.45) is 0 Å². The molecule has 0 saturated heterocycles. The highest BCUT2D eigenvalue weighted by molar-refractivity contribution is 7.92. The predicted molar refractivity (Wildman–Crippen MR) is 140 cm³/mol. The molecule has 0 aliphatic carbocycles. The van der Waals surface area contributed by atoms with E-state index >= 15 is 0 Å². The van der Waals surface area contributed by atoms with Gasteiger partial charge in [-0.25, -0.2) is 13.2 Å². The standard InChI is InChI=1S/C25H22Cl2N2O7S/c1-15-2-4-16(5-3-15)23(30)28-17-6-9-19(10-7-17)37(34,35)22(24(31)32)12-13-36-25(33)29-18-8-11-20(26)21(27)14-18/h2-11,14,22H,12-13H2,1H3,(H,28,30)(H,29,33)(H,31,32). The third kappa shape index (κ3) is 7.45. The zero-order valence-electron chi connectivity index (χ0n) is 19.4. The highest BCUT2D eigenvalue weighted by Crippen LogP contribution is 2.25. The van der Waals surface area contributed by atoms with Gasteiger partial charge in [0.1, 0.15) is 0 Å². The minimum absolute atomic E-state index is 0.206. The molecule has 1 unspecified atom stereocenters. The first kappa shape index (κ1) is 28.0. The van der Waals surface area contributed by atoms with Gasteiger partial charge in [0.2, 0.25) is 0 Å². The summed E-state index contributed by atoms with van der Waals surface area (Å²) in [6.07, 6.45) is -1.41. The van der Waals surface area contributed by atoms with Crippen LogP contribution in [0.5, 0.6) is 0 Å². The number of amides is 2. The van der Waals surface area contributed by atoms with E-state index in [1.54, 1.807) is 24.3 Å². The Hall–Kier alpha value is -3.60. The molecule has 0 heterocycles. The number of aliphatic carboxylic acids is 1. The molecule has 0 aromatic heterocycles. The van der Waals surface area contributed by atoms with Crippen LogP contribution in [0.1, 0.15) is 22.3 Å². The van der Waals surface area contributed by atoms with E-state index in [1.807, 2.05) is 6.92 Å². The first-order valence-corrected chi connectivity index (χ1v) is 13.1. The van der Waals surface area contributed by atoms with Crippen molar-refractivity contribution in [1.29, 1.82) is 0 Å². The Kier molecular flexibility index (Phi) is 9.14. The third-order valence-corrected chi connectivity index (χ3v) is 8.04. The molecule has 194 valence electrons. The highest BCUT2D eigenvalue weighted by Gasteiger charge is 2.34. The number of anilines is 2. The van der Waals surface area contributed by atoms with E-state index in [1.165, 1.54) is 42.5 Å². The molecular formula is C25H22Cl2N2O7S. The Morgan fingerprint density at radius 3 is 2.11 bits per heavy atom. The molecular weight excluding hydrogens is 543 g/mol. The van der Waals surface area contributed by atoms with Crippen LogP contribution in [-0.2, 0) is 19.4 Å². The second-order valence-electron chi connectivity index (χ2n) is 7.89. The summed E-state index contributed by atoms with van der Waals surface area (Å²) in [5.74, 6) is -1.97. The molecule has 0 radical (unpaired) electrons. The van der Waals surface area contributed by atoms with Gasteiger partial charge < -0.3 is 15.2 Å². The number of rotatable bonds is 9. The maximum absolute atomic E-state index is 12.9. The maximum Gasteiger partial charge on any atom is 0.411 e. The van der Waals surface area contributed by atoms with Crippen LogP contribution >= 0.6 is 23.2 Å². The monoisotopic (exact) mass is 564 g/mol. The Balaban J connectivity index is 1.61. The average molecular weight is 565 g/mol. The van der Waals surface area contributed by atoms with Gasteiger partial charge in [-0.2, -0.15) is 0 Å². The van der Waals surface area contributed by atoms with Crippen LogP contribution in [0.15, 0.2) is 71.6 Å². The van der Waals surface area contributed by atoms with Crippen LogP contribution in [-0.4, -0.2) is 43.4 Å². The van der Waals surface area contributed by atoms with E-state index < -0.39 is 40.2 Å². The molecule has 0 saturated carbocycles. The van der Waals surface area contributed by atoms with Crippen molar-refractivity contribution < 1.29 is 32.6 Å². The smallest absolute Gasteiger partial charge is 0.411 e. The summed E-state index contributed by atoms with van der Waals surface area (Å²) >= 11 is 11.7. The lowest BCUT2D eigenvalue weighted by atomic mass is 10.1. The number of benzene rings is 3. The van der Waals surface area contributed by atoms with Crippen molar-refractivity contribution in [3.8, 4) is 0 Å². The van der Waals surface area contributed by atoms with Crippen LogP contribution in [0.25, 0.3) is 0 Å². The lowest BCUT2D eigenvalue weighted by molar-refractivity contribution is -0.136. The minimum atomic E-state index is -4.33. The number of carboxylic acid groups (broad SMARTS) is 1. The lowest BCUT2D eigenvalue weighted by Gasteiger charge is -2.15. The van der Waals surface area contributed by atoms with Gasteiger partial charge in [-0.1, -0.05) is 40.9 Å². The Labute approximate surface area is 223 Å². The van der Waals surface area contributed by atoms with Crippen molar-refractivity contribution in [1.82, 2.24) is 0 Å². The van der Waals surface area contributed by atoms with Crippen molar-refractivity contribution in [2.75, 3.05) is 17.2 Å². The van der Waals surface area contributed by atoms with E-state index in [-0.39, 0.29) is 26.5 Å². The maximum atomic E-state index is 12.9. The fourth-order valence-corrected chi connectivity index (χ4v) is 5.01. The molecule has 0 fully saturated rings. The number of ether oxygens (including phenoxy) is 1. The molecule has 3 N–H and O–H groups in total. The molecule has 2 amide bonds. The first-order chi connectivity index (χ1) is 17.5. The van der Waals surface area contributed by atoms with Crippen molar-refractivity contribution >= 4 is 62.4 Å². The number of carbonyl (C=O) groups excluding carboxylic acids is 2. The third-order valence-electron chi connectivity index (χ3n) is 5.18. The second kappa shape index (κ2) is 12.1. The zero-order valence-corrected chi connectivity index (χ0v) is 21.7. The topological polar surface area (TPSA) is 139 Å². The number of sulfone groups is 1. The number of aryl methyl sites for hydroxylation is 1. The average Bonchev–Trinajstić information content (AvgIpc) is 2.84. The summed E-state index contributed by atoms with van der Waals surface area (Å²) in [6, 6.07) is 16.4. The highest BCUT2D eigenvalue weighted by atomic mass is 35.5. The number of carboxylic acids is 1. The van der Waals surface area contributed by atoms with Gasteiger partial charge in [-0.05, 0) is 61.5 Å². The van der Waals surface area contributed by atoms with Crippen LogP contribution in [0.3, 0.4) is 0 Å². The van der Waals surface area contributed by atoms with Gasteiger partial charge >= 0.3 is 12.1 Å². The number of carbonyl (C=O) groups is 3. The van der Waals surface area contributed by atoms with Crippen molar-refractivity contribution in [3.05, 3.63) is 87.9 Å². The summed E-state index contributed by atoms with van der Waals surface area (Å²) in [5.41, 5.74) is 2.04. The van der Waals surface area contributed by atoms with Crippen molar-refractivity contribution in [3.63, 3.8) is 0 Å². The minimum Gasteiger partial charge on any atom is -0.480 e. The van der Waals surface area contributed by atoms with E-state index in [2.05, 4.69) is 10.6 Å². The summed E-state index contributed by atoms with van der Waals surface area (Å²) in [7, 11) is -4.33. The van der Waals surface area contributed by atoms with Crippen LogP contribution in [0.2, 0.25) is 10.0 Å². The zero-order chi connectivity index (χ0) is 27.2. The van der Waals surface area contributed by atoms with Crippen LogP contribution in [0.4, 0.5) is 16.2 Å². The molecule has 3 aromatic carbocycles. The molecule has 3 aromatic rings. The van der Waals surface area contributed by atoms with Gasteiger partial charge in [-0.15, -0.1) is 0 Å². The quantitative estimate of drug-likeness (QED) is 0.315. The molecule has 0 spiro atoms. The Bertz CT molecular complexity index is 1410. The summed E-state index contributed by atoms with van der Waals surface area (Å²) in [5, 5.41) is 13.2. The molecule has 0 aliphatic rings. The number of nitrogens with one attached hydrogen (secondary N) is 2. The molecule has 3 rings (SSSR count). The molecule has 37 heavy (non-hydrogen) atoms. The van der Waals surface area contributed by atoms with Crippen LogP contribution in [0, 0.1) is 6.92 Å². The fourth-order valence-electron chi connectivity index (χ4n) is 3.20.